The Labute approximate surface area is 89.1 Å². The van der Waals surface area contributed by atoms with Gasteiger partial charge in [-0.05, 0) is 44.0 Å². The molecule has 0 aliphatic rings. The van der Waals surface area contributed by atoms with Gasteiger partial charge in [-0.25, -0.2) is 0 Å². The van der Waals surface area contributed by atoms with Crippen LogP contribution in [0.25, 0.3) is 0 Å². The molecule has 0 aromatic heterocycles. The van der Waals surface area contributed by atoms with Gasteiger partial charge in [-0.2, -0.15) is 0 Å². The van der Waals surface area contributed by atoms with Crippen molar-refractivity contribution in [3.8, 4) is 0 Å². The average Bonchev–Trinajstić information content (AvgIpc) is 2.13. The van der Waals surface area contributed by atoms with Gasteiger partial charge in [0.25, 0.3) is 0 Å². The molecule has 4 nitrogen and oxygen atoms in total. The summed E-state index contributed by atoms with van der Waals surface area (Å²) in [5.41, 5.74) is 9.24. The van der Waals surface area contributed by atoms with Crippen LogP contribution in [0, 0.1) is 13.8 Å². The standard InChI is InChI=1S/C11H16N2O2/c1-6-4-9(5-7(2)10(6)12)13-8(3)11(14)15/h4-5,8,13H,12H2,1-3H3,(H,14,15)/t8-/m1/s1. The Kier molecular flexibility index (Phi) is 3.19. The van der Waals surface area contributed by atoms with E-state index in [-0.39, 0.29) is 0 Å². The first-order valence-electron chi connectivity index (χ1n) is 4.78. The molecule has 0 aliphatic carbocycles. The lowest BCUT2D eigenvalue weighted by Gasteiger charge is -2.13. The maximum Gasteiger partial charge on any atom is 0.325 e. The van der Waals surface area contributed by atoms with Gasteiger partial charge in [0.15, 0.2) is 0 Å². The largest absolute Gasteiger partial charge is 0.480 e. The summed E-state index contributed by atoms with van der Waals surface area (Å²) >= 11 is 0. The Balaban J connectivity index is 2.92. The van der Waals surface area contributed by atoms with Crippen molar-refractivity contribution < 1.29 is 9.90 Å². The first-order valence-corrected chi connectivity index (χ1v) is 4.78. The van der Waals surface area contributed by atoms with Crippen molar-refractivity contribution in [2.45, 2.75) is 26.8 Å². The van der Waals surface area contributed by atoms with E-state index < -0.39 is 12.0 Å². The SMILES string of the molecule is Cc1cc(N[C@H](C)C(=O)O)cc(C)c1N. The molecule has 1 aromatic carbocycles. The zero-order chi connectivity index (χ0) is 11.6. The third-order valence-electron chi connectivity index (χ3n) is 2.35. The number of aryl methyl sites for hydroxylation is 2. The number of aliphatic carboxylic acids is 1. The molecule has 0 saturated heterocycles. The van der Waals surface area contributed by atoms with Gasteiger partial charge in [-0.15, -0.1) is 0 Å². The summed E-state index contributed by atoms with van der Waals surface area (Å²) in [6.07, 6.45) is 0. The van der Waals surface area contributed by atoms with Gasteiger partial charge >= 0.3 is 5.97 Å². The quantitative estimate of drug-likeness (QED) is 0.662. The molecule has 0 fully saturated rings. The van der Waals surface area contributed by atoms with E-state index in [9.17, 15) is 4.79 Å². The molecular weight excluding hydrogens is 192 g/mol. The Morgan fingerprint density at radius 2 is 1.87 bits per heavy atom. The molecule has 4 N–H and O–H groups in total. The number of hydrogen-bond donors (Lipinski definition) is 3. The van der Waals surface area contributed by atoms with Crippen LogP contribution in [0.5, 0.6) is 0 Å². The number of nitrogens with one attached hydrogen (secondary N) is 1. The molecule has 4 heteroatoms. The van der Waals surface area contributed by atoms with Crippen LogP contribution < -0.4 is 11.1 Å². The molecule has 0 heterocycles. The monoisotopic (exact) mass is 208 g/mol. The van der Waals surface area contributed by atoms with Gasteiger partial charge in [0.1, 0.15) is 6.04 Å². The van der Waals surface area contributed by atoms with Crippen molar-refractivity contribution in [2.24, 2.45) is 0 Å². The number of hydrogen-bond acceptors (Lipinski definition) is 3. The predicted octanol–water partition coefficient (Wildman–Crippen LogP) is 1.77. The van der Waals surface area contributed by atoms with Crippen molar-refractivity contribution in [2.75, 3.05) is 11.1 Å². The summed E-state index contributed by atoms with van der Waals surface area (Å²) in [4.78, 5) is 10.7. The minimum Gasteiger partial charge on any atom is -0.480 e. The number of nitrogen functional groups attached to an aromatic ring is 1. The van der Waals surface area contributed by atoms with E-state index in [1.807, 2.05) is 26.0 Å². The Morgan fingerprint density at radius 3 is 2.27 bits per heavy atom. The molecule has 0 unspecified atom stereocenters. The van der Waals surface area contributed by atoms with Crippen LogP contribution in [0.1, 0.15) is 18.1 Å². The van der Waals surface area contributed by atoms with Crippen LogP contribution in [0.2, 0.25) is 0 Å². The predicted molar refractivity (Wildman–Crippen MR) is 61.0 cm³/mol. The number of benzene rings is 1. The van der Waals surface area contributed by atoms with Gasteiger partial charge in [0, 0.05) is 11.4 Å². The van der Waals surface area contributed by atoms with Gasteiger partial charge < -0.3 is 16.2 Å². The van der Waals surface area contributed by atoms with Crippen molar-refractivity contribution in [1.82, 2.24) is 0 Å². The van der Waals surface area contributed by atoms with E-state index in [0.717, 1.165) is 22.5 Å². The number of carbonyl (C=O) groups is 1. The van der Waals surface area contributed by atoms with E-state index in [4.69, 9.17) is 10.8 Å². The van der Waals surface area contributed by atoms with Crippen LogP contribution in [0.15, 0.2) is 12.1 Å². The molecule has 15 heavy (non-hydrogen) atoms. The van der Waals surface area contributed by atoms with Crippen molar-refractivity contribution in [3.63, 3.8) is 0 Å². The van der Waals surface area contributed by atoms with Crippen LogP contribution in [0.4, 0.5) is 11.4 Å². The molecule has 0 aliphatic heterocycles. The minimum absolute atomic E-state index is 0.604. The van der Waals surface area contributed by atoms with Gasteiger partial charge in [0.2, 0.25) is 0 Å². The number of nitrogens with two attached hydrogens (primary N) is 1. The highest BCUT2D eigenvalue weighted by molar-refractivity contribution is 5.77. The zero-order valence-electron chi connectivity index (χ0n) is 9.16. The smallest absolute Gasteiger partial charge is 0.325 e. The van der Waals surface area contributed by atoms with Crippen LogP contribution >= 0.6 is 0 Å². The third-order valence-corrected chi connectivity index (χ3v) is 2.35. The summed E-state index contributed by atoms with van der Waals surface area (Å²) in [6, 6.07) is 3.09. The molecule has 0 radical (unpaired) electrons. The minimum atomic E-state index is -0.873. The summed E-state index contributed by atoms with van der Waals surface area (Å²) in [7, 11) is 0. The molecule has 0 bridgehead atoms. The summed E-state index contributed by atoms with van der Waals surface area (Å²) < 4.78 is 0. The zero-order valence-corrected chi connectivity index (χ0v) is 9.16. The summed E-state index contributed by atoms with van der Waals surface area (Å²) in [5.74, 6) is -0.873. The van der Waals surface area contributed by atoms with E-state index in [0.29, 0.717) is 0 Å². The van der Waals surface area contributed by atoms with Gasteiger partial charge in [-0.1, -0.05) is 0 Å². The molecule has 1 atom stereocenters. The maximum atomic E-state index is 10.7. The molecule has 0 saturated carbocycles. The van der Waals surface area contributed by atoms with Crippen LogP contribution in [0.3, 0.4) is 0 Å². The van der Waals surface area contributed by atoms with E-state index >= 15 is 0 Å². The van der Waals surface area contributed by atoms with Crippen molar-refractivity contribution >= 4 is 17.3 Å². The fourth-order valence-corrected chi connectivity index (χ4v) is 1.37. The number of carboxylic acids is 1. The van der Waals surface area contributed by atoms with Crippen molar-refractivity contribution in [3.05, 3.63) is 23.3 Å². The lowest BCUT2D eigenvalue weighted by Crippen LogP contribution is -2.25. The highest BCUT2D eigenvalue weighted by Gasteiger charge is 2.10. The maximum absolute atomic E-state index is 10.7. The summed E-state index contributed by atoms with van der Waals surface area (Å²) in [6.45, 7) is 5.40. The van der Waals surface area contributed by atoms with E-state index in [2.05, 4.69) is 5.32 Å². The second kappa shape index (κ2) is 4.21. The fourth-order valence-electron chi connectivity index (χ4n) is 1.37. The van der Waals surface area contributed by atoms with E-state index in [1.54, 1.807) is 6.92 Å². The first kappa shape index (κ1) is 11.4. The highest BCUT2D eigenvalue weighted by atomic mass is 16.4. The van der Waals surface area contributed by atoms with E-state index in [1.165, 1.54) is 0 Å². The number of anilines is 2. The second-order valence-corrected chi connectivity index (χ2v) is 3.73. The Hall–Kier alpha value is -1.71. The molecule has 1 rings (SSSR count). The molecular formula is C11H16N2O2. The molecule has 0 spiro atoms. The Morgan fingerprint density at radius 1 is 1.40 bits per heavy atom. The molecule has 1 aromatic rings. The summed E-state index contributed by atoms with van der Waals surface area (Å²) in [5, 5.41) is 11.6. The third kappa shape index (κ3) is 2.62. The highest BCUT2D eigenvalue weighted by Crippen LogP contribution is 2.22. The fraction of sp³-hybridized carbons (Fsp3) is 0.364. The van der Waals surface area contributed by atoms with Crippen LogP contribution in [-0.2, 0) is 4.79 Å². The number of carboxylic acid groups (broad SMARTS) is 1. The lowest BCUT2D eigenvalue weighted by molar-refractivity contribution is -0.137. The topological polar surface area (TPSA) is 75.3 Å². The number of rotatable bonds is 3. The van der Waals surface area contributed by atoms with Crippen molar-refractivity contribution in [1.29, 1.82) is 0 Å². The molecule has 0 amide bonds. The average molecular weight is 208 g/mol. The molecule has 82 valence electrons. The van der Waals surface area contributed by atoms with Gasteiger partial charge in [-0.3, -0.25) is 4.79 Å². The second-order valence-electron chi connectivity index (χ2n) is 3.73. The Bertz CT molecular complexity index is 365. The normalized spacial score (nSPS) is 12.2. The van der Waals surface area contributed by atoms with Gasteiger partial charge in [0.05, 0.1) is 0 Å². The first-order chi connectivity index (χ1) is 6.91. The van der Waals surface area contributed by atoms with Crippen LogP contribution in [-0.4, -0.2) is 17.1 Å². The lowest BCUT2D eigenvalue weighted by atomic mass is 10.1.